The number of phenols is 3. The Labute approximate surface area is 832 Å². The molecule has 0 unspecified atom stereocenters. The number of nitro groups is 1. The molecule has 11 aromatic rings. The van der Waals surface area contributed by atoms with E-state index in [0.717, 1.165) is 97.3 Å². The number of rotatable bonds is 32. The molecule has 0 aliphatic carbocycles. The number of nitrogens with zero attached hydrogens (tertiary/aromatic N) is 3. The molecule has 0 fully saturated rings. The van der Waals surface area contributed by atoms with E-state index in [1.165, 1.54) is 119 Å². The number of para-hydroxylation sites is 1. The lowest BCUT2D eigenvalue weighted by Crippen LogP contribution is -2.25. The van der Waals surface area contributed by atoms with Crippen LogP contribution in [0.25, 0.3) is 6.08 Å². The van der Waals surface area contributed by atoms with Gasteiger partial charge in [-0.1, -0.05) is 207 Å². The highest BCUT2D eigenvalue weighted by molar-refractivity contribution is 9.40. The van der Waals surface area contributed by atoms with Crippen LogP contribution >= 0.6 is 94.4 Å². The third-order valence-electron chi connectivity index (χ3n) is 17.5. The number of phenolic OH excluding ortho intramolecular Hbond substituents is 3. The Hall–Kier alpha value is -13.0. The topological polar surface area (TPSA) is 361 Å². The molecule has 0 aliphatic heterocycles. The van der Waals surface area contributed by atoms with E-state index in [-0.39, 0.29) is 51.4 Å². The highest BCUT2D eigenvalue weighted by Gasteiger charge is 2.15. The van der Waals surface area contributed by atoms with Crippen LogP contribution in [0.4, 0.5) is 17.1 Å². The first kappa shape index (κ1) is 122. The molecular formula is C103H109Br3Cl3N3O22S. The second kappa shape index (κ2) is 75.4. The van der Waals surface area contributed by atoms with E-state index in [4.69, 9.17) is 73.5 Å². The van der Waals surface area contributed by atoms with Crippen LogP contribution in [0.5, 0.6) is 46.0 Å². The fraction of sp³-hybridized carbons (Fsp3) is 0.204. The predicted octanol–water partition coefficient (Wildman–Crippen LogP) is 24.3. The van der Waals surface area contributed by atoms with Crippen LogP contribution in [0.2, 0.25) is 10.0 Å². The minimum absolute atomic E-state index is 0.0270. The van der Waals surface area contributed by atoms with Gasteiger partial charge < -0.3 is 58.4 Å². The zero-order valence-electron chi connectivity index (χ0n) is 76.0. The Bertz CT molecular complexity index is 5300. The van der Waals surface area contributed by atoms with Crippen molar-refractivity contribution in [1.29, 1.82) is 0 Å². The molecule has 0 spiro atoms. The zero-order chi connectivity index (χ0) is 101. The van der Waals surface area contributed by atoms with Crippen LogP contribution in [0.15, 0.2) is 272 Å². The van der Waals surface area contributed by atoms with Crippen LogP contribution in [0.3, 0.4) is 0 Å². The number of halogens is 6. The highest BCUT2D eigenvalue weighted by Crippen LogP contribution is 2.32. The standard InChI is InChI=1S/C15H23NO.C14H12O.C11H9NO3.C11H15NO.C9H10O3.3C8H8O3.C8H8OS.C7H4Cl2O.C2HBr3O.C2H3ClO/c1-3-5-11-16(12-6-4-2)15-9-7-14(13-17)8-10-15;15-11-14(12-7-3-1-4-8-12)13-9-5-2-6-10-13;13-9-3-1-2-4-10-5-7-11(8-6-10)12(14)15;1-3-12(4-2)11-7-5-10(9-13)6-8-11;1-11-8-3-4-9(12-2)7(5-8)6-10;1-11-7-2-3-8(10)6(4-7)5-9;1-11-8-4-2-3-7(10)6(8)5-9;1-11-7-4-2-3-6(5-9)8(7)10;1-10-8-4-2-7(6-9)3-5-8;8-6-2-1-5(4-10)3-7(6)9;3-2(4,5)1-6;3-1-2-4/h7-10,13H,3-6,11-12H2,1-2H3;1-11,14H;1-9H;5-9H,3-4H2,1-2H3;3-6H,1-2H3;3*2-5,10H,1H3;2-6H,1H3;1-4H;1H;2H,1H2/b;;3-1+,4-2+;;;;;;;;;. The molecule has 11 rings (SSSR count). The average molecular weight is 2120 g/mol. The zero-order valence-corrected chi connectivity index (χ0v) is 83.8. The van der Waals surface area contributed by atoms with Gasteiger partial charge in [0, 0.05) is 76.8 Å². The van der Waals surface area contributed by atoms with E-state index < -0.39 is 7.07 Å². The molecule has 135 heavy (non-hydrogen) atoms. The Kier molecular flexibility index (Phi) is 68.2. The maximum Gasteiger partial charge on any atom is 0.269 e. The Morgan fingerprint density at radius 2 is 0.874 bits per heavy atom. The molecule has 0 saturated carbocycles. The largest absolute Gasteiger partial charge is 0.507 e. The number of carbonyl (C=O) groups is 12. The minimum atomic E-state index is -0.701. The van der Waals surface area contributed by atoms with Gasteiger partial charge in [0.15, 0.2) is 45.1 Å². The van der Waals surface area contributed by atoms with E-state index in [0.29, 0.717) is 87.6 Å². The van der Waals surface area contributed by atoms with Gasteiger partial charge in [0.25, 0.3) is 5.69 Å². The second-order valence-corrected chi connectivity index (χ2v) is 35.4. The van der Waals surface area contributed by atoms with Crippen molar-refractivity contribution in [3.05, 3.63) is 348 Å². The number of alkyl halides is 4. The van der Waals surface area contributed by atoms with Gasteiger partial charge in [-0.2, -0.15) is 0 Å². The lowest BCUT2D eigenvalue weighted by molar-refractivity contribution is -0.384. The number of methoxy groups -OCH3 is 5. The van der Waals surface area contributed by atoms with Crippen LogP contribution in [0, 0.1) is 10.1 Å². The summed E-state index contributed by atoms with van der Waals surface area (Å²) in [6.45, 7) is 12.9. The summed E-state index contributed by atoms with van der Waals surface area (Å²) in [5.74, 6) is 2.25. The molecular weight excluding hydrogens is 2010 g/mol. The van der Waals surface area contributed by atoms with Gasteiger partial charge in [0.2, 0.25) is 0 Å². The molecule has 0 saturated heterocycles. The third-order valence-corrected chi connectivity index (χ3v) is 19.6. The van der Waals surface area contributed by atoms with Gasteiger partial charge in [0.05, 0.1) is 84.6 Å². The number of benzene rings is 11. The van der Waals surface area contributed by atoms with Crippen molar-refractivity contribution in [1.82, 2.24) is 0 Å². The molecule has 3 N–H and O–H groups in total. The van der Waals surface area contributed by atoms with Crippen molar-refractivity contribution in [3.8, 4) is 46.0 Å². The van der Waals surface area contributed by atoms with Crippen LogP contribution in [0.1, 0.15) is 159 Å². The number of hydrogen-bond donors (Lipinski definition) is 3. The molecule has 0 radical (unpaired) electrons. The normalized spacial score (nSPS) is 9.70. The van der Waals surface area contributed by atoms with Crippen LogP contribution in [-0.4, -0.2) is 172 Å². The van der Waals surface area contributed by atoms with E-state index in [9.17, 15) is 68.0 Å². The minimum Gasteiger partial charge on any atom is -0.507 e. The van der Waals surface area contributed by atoms with Crippen molar-refractivity contribution < 1.29 is 101 Å². The number of allylic oxidation sites excluding steroid dienone is 3. The van der Waals surface area contributed by atoms with E-state index in [1.807, 2.05) is 128 Å². The molecule has 0 bridgehead atoms. The Morgan fingerprint density at radius 3 is 1.26 bits per heavy atom. The summed E-state index contributed by atoms with van der Waals surface area (Å²) < 4.78 is 23.6. The van der Waals surface area contributed by atoms with Crippen LogP contribution in [-0.2, 0) is 19.2 Å². The molecule has 0 heterocycles. The Balaban J connectivity index is 0.00000147. The SMILES string of the molecule is CCCCN(CCCC)c1ccc(C=O)cc1.CCN(CC)c1ccc(C=O)cc1.COc1ccc(O)c(C=O)c1.COc1ccc(OC)c(C=O)c1.COc1cccc(C=O)c1O.COc1cccc(O)c1C=O.CSc1ccc(C=O)cc1.O=C/C=C/C=C/c1ccc([N+](=O)[O-])cc1.O=CC(Br)(Br)Br.O=CC(c1ccccc1)c1ccccc1.O=CCCl.O=Cc1ccc(Cl)c(Cl)c1. The quantitative estimate of drug-likeness (QED) is 0.00670. The summed E-state index contributed by atoms with van der Waals surface area (Å²) in [4.78, 5) is 138. The van der Waals surface area contributed by atoms with Gasteiger partial charge in [-0.15, -0.1) is 23.4 Å². The van der Waals surface area contributed by atoms with Gasteiger partial charge in [-0.3, -0.25) is 58.1 Å². The monoisotopic (exact) mass is 2110 g/mol. The second-order valence-electron chi connectivity index (χ2n) is 26.4. The average Bonchev–Trinajstić information content (AvgIpc) is 0.860. The molecule has 25 nitrogen and oxygen atoms in total. The number of ether oxygens (including phenoxy) is 5. The fourth-order valence-corrected chi connectivity index (χ4v) is 11.1. The van der Waals surface area contributed by atoms with Crippen molar-refractivity contribution in [3.63, 3.8) is 0 Å². The summed E-state index contributed by atoms with van der Waals surface area (Å²) in [6, 6.07) is 72.5. The number of nitro benzene ring substituents is 1. The van der Waals surface area contributed by atoms with Crippen molar-refractivity contribution in [2.45, 2.75) is 66.3 Å². The summed E-state index contributed by atoms with van der Waals surface area (Å²) in [5, 5.41) is 38.6. The van der Waals surface area contributed by atoms with Crippen LogP contribution < -0.4 is 33.5 Å². The number of aromatic hydroxyl groups is 3. The molecule has 0 aromatic heterocycles. The van der Waals surface area contributed by atoms with E-state index >= 15 is 0 Å². The van der Waals surface area contributed by atoms with Crippen molar-refractivity contribution in [2.24, 2.45) is 0 Å². The summed E-state index contributed by atoms with van der Waals surface area (Å²) in [6.07, 6.45) is 22.1. The number of unbranched alkanes of at least 4 members (excludes halogenated alkanes) is 2. The summed E-state index contributed by atoms with van der Waals surface area (Å²) >= 11 is 26.5. The number of non-ortho nitro benzene ring substituents is 1. The third kappa shape index (κ3) is 51.7. The van der Waals surface area contributed by atoms with Gasteiger partial charge in [0.1, 0.15) is 78.5 Å². The molecule has 0 aliphatic rings. The lowest BCUT2D eigenvalue weighted by atomic mass is 9.93. The maximum atomic E-state index is 11.1. The Morgan fingerprint density at radius 1 is 0.437 bits per heavy atom. The molecule has 32 heteroatoms. The number of anilines is 2. The van der Waals surface area contributed by atoms with Gasteiger partial charge >= 0.3 is 0 Å². The number of hydrogen-bond acceptors (Lipinski definition) is 25. The van der Waals surface area contributed by atoms with E-state index in [2.05, 4.69) is 97.4 Å². The van der Waals surface area contributed by atoms with Gasteiger partial charge in [-0.25, -0.2) is 0 Å². The first-order valence-corrected chi connectivity index (χ1v) is 45.8. The highest BCUT2D eigenvalue weighted by atomic mass is 80.0. The maximum absolute atomic E-state index is 11.1. The lowest BCUT2D eigenvalue weighted by Gasteiger charge is -2.24. The molecule has 0 atom stereocenters. The van der Waals surface area contributed by atoms with Crippen molar-refractivity contribution >= 4 is 193 Å². The van der Waals surface area contributed by atoms with E-state index in [1.54, 1.807) is 110 Å². The smallest absolute Gasteiger partial charge is 0.269 e. The molecule has 11 aromatic carbocycles. The first-order valence-electron chi connectivity index (χ1n) is 40.9. The first-order chi connectivity index (χ1) is 65.0. The molecule has 0 amide bonds. The number of carbonyl (C=O) groups excluding carboxylic acids is 12. The summed E-state index contributed by atoms with van der Waals surface area (Å²) in [7, 11) is 7.46. The van der Waals surface area contributed by atoms with Gasteiger partial charge in [-0.05, 0) is 201 Å². The molecule has 716 valence electrons. The fourth-order valence-electron chi connectivity index (χ4n) is 10.4. The van der Waals surface area contributed by atoms with Crippen molar-refractivity contribution in [2.75, 3.05) is 83.7 Å². The number of thioether (sulfide) groups is 1. The number of aldehydes is 12. The summed E-state index contributed by atoms with van der Waals surface area (Å²) in [5.41, 5.74) is 9.32. The predicted molar refractivity (Wildman–Crippen MR) is 550 cm³/mol.